The standard InChI is InChI=1S/C57H99N21O17S/c1-7-30(4)45(69-31(5)80)54(93)78-41(27-79)53(92)76-39(23-32-25-64-28-68-32)51(90)72-34(12-8-9-18-58)47(86)77-40(24-44(83)84)52(91)74-36(17-21-96-6)49(88)73-35(15-16-42(59)81)48(87)75-38(22-29(2)3)50(89)71-33(13-10-19-65-56(60)61)46(85)67-26-43(82)70-37(55(94)95)14-11-20-66-57(62)63/h25,28-30,33-41,45,79H,7-24,26-27,58H2,1-6H3,(H2,59,81)(H,64,68)(H,67,85)(H,69,80)(H,70,82)(H,71,89)(H,72,90)(H,73,88)(H,74,91)(H,75,87)(H,76,92)(H,77,86)(H,78,93)(H,83,84)(H,94,95)(H4,60,61,65)(H4,62,63,66)/t30-,33-,34-,35-,36-,37-,38-,39-,40-,41-,45-/m0/s1. The van der Waals surface area contributed by atoms with Gasteiger partial charge < -0.3 is 113 Å². The summed E-state index contributed by atoms with van der Waals surface area (Å²) in [6.45, 7) is 6.55. The maximum absolute atomic E-state index is 14.3. The van der Waals surface area contributed by atoms with Crippen LogP contribution in [0.3, 0.4) is 0 Å². The number of nitrogens with two attached hydrogens (primary N) is 6. The van der Waals surface area contributed by atoms with Gasteiger partial charge in [-0.2, -0.15) is 11.8 Å². The van der Waals surface area contributed by atoms with Gasteiger partial charge in [-0.25, -0.2) is 9.78 Å². The van der Waals surface area contributed by atoms with Crippen LogP contribution in [0.5, 0.6) is 0 Å². The number of hydrogen-bond donors (Lipinski definition) is 21. The van der Waals surface area contributed by atoms with Crippen molar-refractivity contribution in [3.63, 3.8) is 0 Å². The number of primary amides is 1. The van der Waals surface area contributed by atoms with Gasteiger partial charge in [0, 0.05) is 44.7 Å². The Morgan fingerprint density at radius 1 is 0.573 bits per heavy atom. The molecule has 0 unspecified atom stereocenters. The molecule has 0 spiro atoms. The highest BCUT2D eigenvalue weighted by molar-refractivity contribution is 7.98. The number of nitrogens with one attached hydrogen (secondary N) is 12. The lowest BCUT2D eigenvalue weighted by molar-refractivity contribution is -0.142. The van der Waals surface area contributed by atoms with Gasteiger partial charge in [0.05, 0.1) is 25.9 Å². The predicted molar refractivity (Wildman–Crippen MR) is 350 cm³/mol. The molecule has 0 aliphatic heterocycles. The van der Waals surface area contributed by atoms with Crippen LogP contribution in [0.25, 0.3) is 0 Å². The highest BCUT2D eigenvalue weighted by Crippen LogP contribution is 2.13. The number of aliphatic hydroxyl groups excluding tert-OH is 1. The third kappa shape index (κ3) is 34.7. The minimum Gasteiger partial charge on any atom is -0.481 e. The van der Waals surface area contributed by atoms with Crippen molar-refractivity contribution in [2.24, 2.45) is 56.2 Å². The van der Waals surface area contributed by atoms with Crippen LogP contribution >= 0.6 is 11.8 Å². The summed E-state index contributed by atoms with van der Waals surface area (Å²) < 4.78 is 0. The van der Waals surface area contributed by atoms with Crippen LogP contribution in [-0.2, 0) is 73.5 Å². The van der Waals surface area contributed by atoms with E-state index in [4.69, 9.17) is 34.4 Å². The number of carboxylic acids is 2. The number of aliphatic carboxylic acids is 2. The fourth-order valence-electron chi connectivity index (χ4n) is 9.09. The van der Waals surface area contributed by atoms with Crippen LogP contribution in [0.2, 0.25) is 0 Å². The lowest BCUT2D eigenvalue weighted by Crippen LogP contribution is -2.61. The molecule has 39 heteroatoms. The number of aliphatic hydroxyl groups is 1. The second-order valence-corrected chi connectivity index (χ2v) is 23.9. The number of aromatic amines is 1. The average molecular weight is 1380 g/mol. The Labute approximate surface area is 559 Å². The van der Waals surface area contributed by atoms with Crippen molar-refractivity contribution < 1.29 is 82.4 Å². The SMILES string of the molecule is CC[C@H](C)[C@H](NC(C)=O)C(=O)N[C@@H](CO)C(=O)N[C@@H](Cc1cnc[nH]1)C(=O)N[C@@H](CCCCN)C(=O)N[C@@H](CC(=O)O)C(=O)N[C@@H](CCSC)C(=O)N[C@@H](CCC(N)=O)C(=O)N[C@@H](CC(C)C)C(=O)N[C@@H](CCCN=C(N)N)C(=O)NCC(=O)N[C@@H](CCCN=C(N)N)C(=O)O. The zero-order chi connectivity index (χ0) is 72.6. The van der Waals surface area contributed by atoms with E-state index in [1.807, 2.05) is 0 Å². The Morgan fingerprint density at radius 3 is 1.52 bits per heavy atom. The average Bonchev–Trinajstić information content (AvgIpc) is 1.10. The van der Waals surface area contributed by atoms with Gasteiger partial charge in [0.15, 0.2) is 11.9 Å². The molecule has 0 aliphatic carbocycles. The maximum atomic E-state index is 14.3. The van der Waals surface area contributed by atoms with E-state index in [1.54, 1.807) is 34.0 Å². The summed E-state index contributed by atoms with van der Waals surface area (Å²) in [5, 5.41) is 56.8. The fourth-order valence-corrected chi connectivity index (χ4v) is 9.56. The van der Waals surface area contributed by atoms with Gasteiger partial charge in [-0.3, -0.25) is 72.3 Å². The van der Waals surface area contributed by atoms with Gasteiger partial charge >= 0.3 is 11.9 Å². The zero-order valence-electron chi connectivity index (χ0n) is 55.0. The van der Waals surface area contributed by atoms with Gasteiger partial charge in [-0.15, -0.1) is 0 Å². The molecule has 11 atom stereocenters. The molecule has 540 valence electrons. The molecular weight excluding hydrogens is 1280 g/mol. The Balaban J connectivity index is 3.60. The van der Waals surface area contributed by atoms with E-state index in [1.165, 1.54) is 31.2 Å². The summed E-state index contributed by atoms with van der Waals surface area (Å²) in [5.74, 6) is -15.5. The number of guanidine groups is 2. The molecule has 27 N–H and O–H groups in total. The van der Waals surface area contributed by atoms with Crippen molar-refractivity contribution in [1.82, 2.24) is 68.5 Å². The van der Waals surface area contributed by atoms with E-state index in [9.17, 15) is 82.4 Å². The van der Waals surface area contributed by atoms with Crippen LogP contribution in [0.4, 0.5) is 0 Å². The number of unbranched alkanes of at least 4 members (excludes halogenated alkanes) is 1. The molecule has 96 heavy (non-hydrogen) atoms. The first kappa shape index (κ1) is 84.6. The Bertz CT molecular complexity index is 2810. The van der Waals surface area contributed by atoms with Crippen LogP contribution in [-0.4, -0.2) is 225 Å². The number of H-pyrrole nitrogens is 1. The normalized spacial score (nSPS) is 14.4. The summed E-state index contributed by atoms with van der Waals surface area (Å²) in [7, 11) is 0. The van der Waals surface area contributed by atoms with E-state index < -0.39 is 182 Å². The molecule has 1 aromatic heterocycles. The van der Waals surface area contributed by atoms with E-state index in [2.05, 4.69) is 78.4 Å². The number of hydrogen-bond acceptors (Lipinski definition) is 20. The quantitative estimate of drug-likeness (QED) is 0.0164. The number of carbonyl (C=O) groups excluding carboxylic acids is 12. The smallest absolute Gasteiger partial charge is 0.326 e. The molecule has 0 saturated carbocycles. The molecule has 0 bridgehead atoms. The second kappa shape index (κ2) is 45.8. The maximum Gasteiger partial charge on any atom is 0.326 e. The van der Waals surface area contributed by atoms with Crippen molar-refractivity contribution >= 4 is 107 Å². The predicted octanol–water partition coefficient (Wildman–Crippen LogP) is -7.17. The first-order valence-electron chi connectivity index (χ1n) is 31.1. The fraction of sp³-hybridized carbons (Fsp3) is 0.667. The third-order valence-electron chi connectivity index (χ3n) is 14.3. The number of rotatable bonds is 49. The van der Waals surface area contributed by atoms with E-state index in [0.29, 0.717) is 18.5 Å². The molecule has 1 heterocycles. The van der Waals surface area contributed by atoms with E-state index in [-0.39, 0.29) is 101 Å². The minimum atomic E-state index is -1.96. The number of amides is 12. The lowest BCUT2D eigenvalue weighted by atomic mass is 9.98. The molecule has 0 aromatic carbocycles. The van der Waals surface area contributed by atoms with Gasteiger partial charge in [-0.1, -0.05) is 34.1 Å². The highest BCUT2D eigenvalue weighted by atomic mass is 32.2. The summed E-state index contributed by atoms with van der Waals surface area (Å²) in [6, 6.07) is -15.3. The van der Waals surface area contributed by atoms with Crippen molar-refractivity contribution in [1.29, 1.82) is 0 Å². The third-order valence-corrected chi connectivity index (χ3v) is 15.0. The van der Waals surface area contributed by atoms with Gasteiger partial charge in [0.1, 0.15) is 60.4 Å². The number of thioether (sulfide) groups is 1. The molecule has 0 saturated heterocycles. The molecule has 0 fully saturated rings. The summed E-state index contributed by atoms with van der Waals surface area (Å²) in [4.78, 5) is 202. The van der Waals surface area contributed by atoms with Gasteiger partial charge in [0.2, 0.25) is 70.9 Å². The van der Waals surface area contributed by atoms with Crippen LogP contribution in [0.15, 0.2) is 22.5 Å². The van der Waals surface area contributed by atoms with E-state index >= 15 is 0 Å². The Kier molecular flexibility index (Phi) is 40.4. The lowest BCUT2D eigenvalue weighted by Gasteiger charge is -2.28. The molecule has 0 radical (unpaired) electrons. The Hall–Kier alpha value is -9.40. The van der Waals surface area contributed by atoms with Crippen LogP contribution < -0.4 is 92.9 Å². The van der Waals surface area contributed by atoms with Gasteiger partial charge in [0.25, 0.3) is 0 Å². The van der Waals surface area contributed by atoms with Crippen molar-refractivity contribution in [3.05, 3.63) is 18.2 Å². The molecule has 12 amide bonds. The van der Waals surface area contributed by atoms with Crippen molar-refractivity contribution in [2.45, 2.75) is 185 Å². The highest BCUT2D eigenvalue weighted by Gasteiger charge is 2.37. The number of nitrogens with zero attached hydrogens (tertiary/aromatic N) is 3. The molecule has 0 aliphatic rings. The monoisotopic (exact) mass is 1380 g/mol. The van der Waals surface area contributed by atoms with Crippen LogP contribution in [0, 0.1) is 11.8 Å². The van der Waals surface area contributed by atoms with Crippen molar-refractivity contribution in [2.75, 3.05) is 44.8 Å². The number of aromatic nitrogens is 2. The first-order chi connectivity index (χ1) is 45.3. The van der Waals surface area contributed by atoms with Crippen LogP contribution in [0.1, 0.15) is 124 Å². The number of imidazole rings is 1. The largest absolute Gasteiger partial charge is 0.481 e. The van der Waals surface area contributed by atoms with Gasteiger partial charge in [-0.05, 0) is 94.6 Å². The first-order valence-corrected chi connectivity index (χ1v) is 32.5. The zero-order valence-corrected chi connectivity index (χ0v) is 55.8. The Morgan fingerprint density at radius 2 is 1.04 bits per heavy atom. The van der Waals surface area contributed by atoms with Crippen molar-refractivity contribution in [3.8, 4) is 0 Å². The molecular formula is C57H99N21O17S. The summed E-state index contributed by atoms with van der Waals surface area (Å²) in [6.07, 6.45) is 2.48. The minimum absolute atomic E-state index is 0.0124. The number of carbonyl (C=O) groups is 14. The van der Waals surface area contributed by atoms with E-state index in [0.717, 1.165) is 0 Å². The number of aliphatic imine (C=N–C) groups is 2. The summed E-state index contributed by atoms with van der Waals surface area (Å²) >= 11 is 1.22. The molecule has 38 nitrogen and oxygen atoms in total. The second-order valence-electron chi connectivity index (χ2n) is 22.9. The molecule has 1 aromatic rings. The topological polar surface area (TPSA) is 642 Å². The molecule has 1 rings (SSSR count). The summed E-state index contributed by atoms with van der Waals surface area (Å²) in [5.41, 5.74) is 33.1. The number of carboxylic acid groups (broad SMARTS) is 2.